The van der Waals surface area contributed by atoms with Gasteiger partial charge in [-0.15, -0.1) is 0 Å². The Labute approximate surface area is 116 Å². The lowest BCUT2D eigenvalue weighted by molar-refractivity contribution is 0.0698. The molecule has 0 spiro atoms. The van der Waals surface area contributed by atoms with Crippen molar-refractivity contribution >= 4 is 23.0 Å². The summed E-state index contributed by atoms with van der Waals surface area (Å²) in [6.45, 7) is 1.75. The van der Waals surface area contributed by atoms with Gasteiger partial charge in [-0.2, -0.15) is 5.26 Å². The highest BCUT2D eigenvalue weighted by atomic mass is 16.4. The Hall–Kier alpha value is -3.00. The van der Waals surface area contributed by atoms with E-state index in [-0.39, 0.29) is 11.3 Å². The molecule has 0 aliphatic rings. The summed E-state index contributed by atoms with van der Waals surface area (Å²) in [7, 11) is 0. The Kier molecular flexibility index (Phi) is 3.58. The largest absolute Gasteiger partial charge is 0.478 e. The molecular formula is C15H13N3O2. The second-order valence-electron chi connectivity index (χ2n) is 4.38. The summed E-state index contributed by atoms with van der Waals surface area (Å²) in [5.74, 6) is -1.07. The molecule has 20 heavy (non-hydrogen) atoms. The van der Waals surface area contributed by atoms with E-state index in [2.05, 4.69) is 5.32 Å². The quantitative estimate of drug-likeness (QED) is 0.742. The number of benzene rings is 2. The van der Waals surface area contributed by atoms with Crippen molar-refractivity contribution in [3.63, 3.8) is 0 Å². The summed E-state index contributed by atoms with van der Waals surface area (Å²) in [6.07, 6.45) is 0. The summed E-state index contributed by atoms with van der Waals surface area (Å²) in [5, 5.41) is 21.0. The number of hydrogen-bond donors (Lipinski definition) is 3. The molecule has 5 nitrogen and oxygen atoms in total. The number of rotatable bonds is 3. The fourth-order valence-corrected chi connectivity index (χ4v) is 1.88. The lowest BCUT2D eigenvalue weighted by Crippen LogP contribution is -2.05. The van der Waals surface area contributed by atoms with E-state index in [9.17, 15) is 4.79 Å². The molecule has 2 aromatic carbocycles. The van der Waals surface area contributed by atoms with Gasteiger partial charge in [0.15, 0.2) is 0 Å². The van der Waals surface area contributed by atoms with Gasteiger partial charge in [0.2, 0.25) is 0 Å². The smallest absolute Gasteiger partial charge is 0.337 e. The van der Waals surface area contributed by atoms with Crippen molar-refractivity contribution in [2.75, 3.05) is 11.1 Å². The van der Waals surface area contributed by atoms with Crippen LogP contribution in [-0.4, -0.2) is 11.1 Å². The summed E-state index contributed by atoms with van der Waals surface area (Å²) < 4.78 is 0. The molecule has 0 saturated heterocycles. The molecule has 0 atom stereocenters. The number of nitrogen functional groups attached to an aromatic ring is 1. The van der Waals surface area contributed by atoms with Gasteiger partial charge in [-0.25, -0.2) is 4.79 Å². The number of nitriles is 1. The summed E-state index contributed by atoms with van der Waals surface area (Å²) >= 11 is 0. The van der Waals surface area contributed by atoms with Crippen molar-refractivity contribution in [1.29, 1.82) is 5.26 Å². The fraction of sp³-hybridized carbons (Fsp3) is 0.0667. The van der Waals surface area contributed by atoms with Crippen LogP contribution in [0.5, 0.6) is 0 Å². The van der Waals surface area contributed by atoms with Crippen LogP contribution < -0.4 is 11.1 Å². The lowest BCUT2D eigenvalue weighted by atomic mass is 10.1. The SMILES string of the molecule is Cc1cc(Nc2cccc(C#N)c2)cc(C(=O)O)c1N. The van der Waals surface area contributed by atoms with Gasteiger partial charge < -0.3 is 16.2 Å². The molecule has 0 aliphatic carbocycles. The molecule has 0 heterocycles. The van der Waals surface area contributed by atoms with E-state index in [1.165, 1.54) is 6.07 Å². The Morgan fingerprint density at radius 1 is 1.30 bits per heavy atom. The lowest BCUT2D eigenvalue weighted by Gasteiger charge is -2.11. The number of aromatic carboxylic acids is 1. The molecule has 0 radical (unpaired) electrons. The van der Waals surface area contributed by atoms with Gasteiger partial charge in [-0.05, 0) is 42.8 Å². The number of nitrogens with one attached hydrogen (secondary N) is 1. The molecule has 0 unspecified atom stereocenters. The van der Waals surface area contributed by atoms with E-state index < -0.39 is 5.97 Å². The third-order valence-electron chi connectivity index (χ3n) is 2.90. The van der Waals surface area contributed by atoms with Crippen LogP contribution in [0.2, 0.25) is 0 Å². The van der Waals surface area contributed by atoms with Crippen molar-refractivity contribution in [2.24, 2.45) is 0 Å². The van der Waals surface area contributed by atoms with Crippen LogP contribution in [0.3, 0.4) is 0 Å². The summed E-state index contributed by atoms with van der Waals surface area (Å²) in [5.41, 5.74) is 8.60. The molecule has 2 rings (SSSR count). The van der Waals surface area contributed by atoms with Crippen molar-refractivity contribution in [3.8, 4) is 6.07 Å². The van der Waals surface area contributed by atoms with Crippen LogP contribution in [0.4, 0.5) is 17.1 Å². The van der Waals surface area contributed by atoms with Crippen LogP contribution in [0.25, 0.3) is 0 Å². The predicted octanol–water partition coefficient (Wildman–Crippen LogP) is 2.89. The number of aryl methyl sites for hydroxylation is 1. The second kappa shape index (κ2) is 5.33. The number of anilines is 3. The zero-order valence-corrected chi connectivity index (χ0v) is 10.8. The zero-order chi connectivity index (χ0) is 14.7. The van der Waals surface area contributed by atoms with Crippen molar-refractivity contribution < 1.29 is 9.90 Å². The fourth-order valence-electron chi connectivity index (χ4n) is 1.88. The van der Waals surface area contributed by atoms with E-state index >= 15 is 0 Å². The van der Waals surface area contributed by atoms with E-state index in [0.29, 0.717) is 22.5 Å². The monoisotopic (exact) mass is 267 g/mol. The van der Waals surface area contributed by atoms with E-state index in [0.717, 1.165) is 0 Å². The van der Waals surface area contributed by atoms with E-state index in [4.69, 9.17) is 16.1 Å². The number of carbonyl (C=O) groups is 1. The highest BCUT2D eigenvalue weighted by molar-refractivity contribution is 5.96. The van der Waals surface area contributed by atoms with Gasteiger partial charge in [0, 0.05) is 17.1 Å². The first-order valence-corrected chi connectivity index (χ1v) is 5.92. The van der Waals surface area contributed by atoms with Crippen molar-refractivity contribution in [1.82, 2.24) is 0 Å². The molecule has 0 fully saturated rings. The average molecular weight is 267 g/mol. The standard InChI is InChI=1S/C15H13N3O2/c1-9-5-12(7-13(14(9)17)15(19)20)18-11-4-2-3-10(6-11)8-16/h2-7,18H,17H2,1H3,(H,19,20). The zero-order valence-electron chi connectivity index (χ0n) is 10.8. The number of nitrogens with zero attached hydrogens (tertiary/aromatic N) is 1. The minimum absolute atomic E-state index is 0.0592. The summed E-state index contributed by atoms with van der Waals surface area (Å²) in [6, 6.07) is 12.2. The number of carboxylic acid groups (broad SMARTS) is 1. The average Bonchev–Trinajstić information content (AvgIpc) is 2.42. The van der Waals surface area contributed by atoms with Crippen molar-refractivity contribution in [3.05, 3.63) is 53.1 Å². The van der Waals surface area contributed by atoms with Crippen molar-refractivity contribution in [2.45, 2.75) is 6.92 Å². The second-order valence-corrected chi connectivity index (χ2v) is 4.38. The first-order valence-electron chi connectivity index (χ1n) is 5.92. The van der Waals surface area contributed by atoms with Crippen LogP contribution in [0.1, 0.15) is 21.5 Å². The molecule has 2 aromatic rings. The van der Waals surface area contributed by atoms with Gasteiger partial charge >= 0.3 is 5.97 Å². The number of carboxylic acids is 1. The maximum atomic E-state index is 11.1. The van der Waals surface area contributed by atoms with Crippen LogP contribution in [-0.2, 0) is 0 Å². The Morgan fingerprint density at radius 2 is 2.05 bits per heavy atom. The maximum Gasteiger partial charge on any atom is 0.337 e. The molecule has 5 heteroatoms. The van der Waals surface area contributed by atoms with Gasteiger partial charge in [0.1, 0.15) is 0 Å². The highest BCUT2D eigenvalue weighted by Gasteiger charge is 2.11. The Balaban J connectivity index is 2.39. The van der Waals surface area contributed by atoms with Gasteiger partial charge in [0.25, 0.3) is 0 Å². The molecule has 0 amide bonds. The molecule has 0 saturated carbocycles. The minimum atomic E-state index is -1.07. The molecule has 0 bridgehead atoms. The third-order valence-corrected chi connectivity index (χ3v) is 2.90. The van der Waals surface area contributed by atoms with E-state index in [1.54, 1.807) is 37.3 Å². The van der Waals surface area contributed by atoms with Crippen LogP contribution in [0, 0.1) is 18.3 Å². The topological polar surface area (TPSA) is 99.1 Å². The first-order chi connectivity index (χ1) is 9.51. The maximum absolute atomic E-state index is 11.1. The summed E-state index contributed by atoms with van der Waals surface area (Å²) in [4.78, 5) is 11.1. The molecule has 4 N–H and O–H groups in total. The van der Waals surface area contributed by atoms with Gasteiger partial charge in [-0.3, -0.25) is 0 Å². The molecular weight excluding hydrogens is 254 g/mol. The molecule has 0 aromatic heterocycles. The predicted molar refractivity (Wildman–Crippen MR) is 77.0 cm³/mol. The normalized spacial score (nSPS) is 9.80. The number of hydrogen-bond acceptors (Lipinski definition) is 4. The van der Waals surface area contributed by atoms with E-state index in [1.807, 2.05) is 6.07 Å². The Bertz CT molecular complexity index is 718. The highest BCUT2D eigenvalue weighted by Crippen LogP contribution is 2.25. The number of nitrogens with two attached hydrogens (primary N) is 1. The first kappa shape index (κ1) is 13.4. The Morgan fingerprint density at radius 3 is 2.70 bits per heavy atom. The van der Waals surface area contributed by atoms with Crippen LogP contribution >= 0.6 is 0 Å². The molecule has 0 aliphatic heterocycles. The minimum Gasteiger partial charge on any atom is -0.478 e. The third kappa shape index (κ3) is 2.70. The molecule has 100 valence electrons. The van der Waals surface area contributed by atoms with Crippen LogP contribution in [0.15, 0.2) is 36.4 Å². The van der Waals surface area contributed by atoms with Gasteiger partial charge in [-0.1, -0.05) is 6.07 Å². The van der Waals surface area contributed by atoms with Gasteiger partial charge in [0.05, 0.1) is 17.2 Å².